The number of rotatable bonds is 4. The summed E-state index contributed by atoms with van der Waals surface area (Å²) in [5.74, 6) is -1.44. The maximum absolute atomic E-state index is 12.5. The maximum atomic E-state index is 12.5. The number of nitrogens with zero attached hydrogens (tertiary/aromatic N) is 3. The highest BCUT2D eigenvalue weighted by atomic mass is 16.6. The van der Waals surface area contributed by atoms with E-state index in [0.717, 1.165) is 0 Å². The standard InChI is InChI=1S/C16H19N3O4/c1-9(2)23-16(20)15-11(4)18-17-10(3)14(15)12-6-5-7-13(8-12)19(21)22/h5-9,14-15H,1-4H3. The van der Waals surface area contributed by atoms with Crippen LogP contribution in [0.2, 0.25) is 0 Å². The van der Waals surface area contributed by atoms with Gasteiger partial charge < -0.3 is 4.74 Å². The van der Waals surface area contributed by atoms with Crippen molar-refractivity contribution in [3.63, 3.8) is 0 Å². The van der Waals surface area contributed by atoms with Crippen molar-refractivity contribution in [3.8, 4) is 0 Å². The molecule has 0 N–H and O–H groups in total. The molecule has 1 aliphatic rings. The molecule has 0 spiro atoms. The highest BCUT2D eigenvalue weighted by molar-refractivity contribution is 6.09. The van der Waals surface area contributed by atoms with E-state index in [2.05, 4.69) is 10.2 Å². The van der Waals surface area contributed by atoms with Crippen LogP contribution in [0.3, 0.4) is 0 Å². The lowest BCUT2D eigenvalue weighted by Crippen LogP contribution is -2.36. The predicted octanol–water partition coefficient (Wildman–Crippen LogP) is 3.10. The van der Waals surface area contributed by atoms with Crippen molar-refractivity contribution in [3.05, 3.63) is 39.9 Å². The fourth-order valence-corrected chi connectivity index (χ4v) is 2.64. The predicted molar refractivity (Wildman–Crippen MR) is 86.8 cm³/mol. The number of ether oxygens (including phenoxy) is 1. The lowest BCUT2D eigenvalue weighted by Gasteiger charge is -2.28. The van der Waals surface area contributed by atoms with E-state index in [4.69, 9.17) is 4.74 Å². The van der Waals surface area contributed by atoms with Gasteiger partial charge in [-0.1, -0.05) is 12.1 Å². The maximum Gasteiger partial charge on any atom is 0.316 e. The summed E-state index contributed by atoms with van der Waals surface area (Å²) in [5.41, 5.74) is 1.80. The number of hydrogen-bond acceptors (Lipinski definition) is 6. The minimum absolute atomic E-state index is 0.0218. The van der Waals surface area contributed by atoms with Gasteiger partial charge in [0, 0.05) is 23.8 Å². The van der Waals surface area contributed by atoms with E-state index in [1.165, 1.54) is 12.1 Å². The van der Waals surface area contributed by atoms with Crippen LogP contribution in [-0.2, 0) is 9.53 Å². The molecule has 1 aromatic carbocycles. The molecule has 0 radical (unpaired) electrons. The van der Waals surface area contributed by atoms with Gasteiger partial charge in [0.2, 0.25) is 0 Å². The smallest absolute Gasteiger partial charge is 0.316 e. The first-order valence-corrected chi connectivity index (χ1v) is 7.34. The van der Waals surface area contributed by atoms with Crippen LogP contribution in [0, 0.1) is 16.0 Å². The molecule has 23 heavy (non-hydrogen) atoms. The van der Waals surface area contributed by atoms with Gasteiger partial charge in [0.1, 0.15) is 5.92 Å². The molecule has 2 unspecified atom stereocenters. The van der Waals surface area contributed by atoms with Crippen molar-refractivity contribution in [1.29, 1.82) is 0 Å². The van der Waals surface area contributed by atoms with Gasteiger partial charge in [-0.3, -0.25) is 14.9 Å². The Hall–Kier alpha value is -2.57. The molecule has 0 aromatic heterocycles. The molecular formula is C16H19N3O4. The first-order chi connectivity index (χ1) is 10.8. The number of benzene rings is 1. The van der Waals surface area contributed by atoms with Gasteiger partial charge in [-0.15, -0.1) is 0 Å². The summed E-state index contributed by atoms with van der Waals surface area (Å²) in [6, 6.07) is 6.25. The van der Waals surface area contributed by atoms with Crippen LogP contribution >= 0.6 is 0 Å². The first-order valence-electron chi connectivity index (χ1n) is 7.34. The Morgan fingerprint density at radius 3 is 2.52 bits per heavy atom. The van der Waals surface area contributed by atoms with Crippen LogP contribution in [-0.4, -0.2) is 28.4 Å². The third-order valence-electron chi connectivity index (χ3n) is 3.64. The quantitative estimate of drug-likeness (QED) is 0.484. The number of esters is 1. The van der Waals surface area contributed by atoms with Crippen molar-refractivity contribution in [2.75, 3.05) is 0 Å². The zero-order chi connectivity index (χ0) is 17.1. The Bertz CT molecular complexity index is 694. The minimum atomic E-state index is -0.628. The number of carbonyl (C=O) groups is 1. The first kappa shape index (κ1) is 16.8. The third kappa shape index (κ3) is 3.61. The van der Waals surface area contributed by atoms with Crippen molar-refractivity contribution < 1.29 is 14.5 Å². The van der Waals surface area contributed by atoms with Crippen molar-refractivity contribution >= 4 is 23.1 Å². The molecule has 0 amide bonds. The second kappa shape index (κ2) is 6.68. The molecule has 1 aliphatic heterocycles. The van der Waals surface area contributed by atoms with E-state index in [0.29, 0.717) is 17.0 Å². The van der Waals surface area contributed by atoms with Gasteiger partial charge in [0.25, 0.3) is 5.69 Å². The second-order valence-corrected chi connectivity index (χ2v) is 5.78. The molecule has 0 saturated carbocycles. The molecule has 7 nitrogen and oxygen atoms in total. The zero-order valence-electron chi connectivity index (χ0n) is 13.5. The molecule has 0 fully saturated rings. The Morgan fingerprint density at radius 2 is 1.91 bits per heavy atom. The van der Waals surface area contributed by atoms with E-state index in [-0.39, 0.29) is 11.8 Å². The number of carbonyl (C=O) groups excluding carboxylic acids is 1. The SMILES string of the molecule is CC1=NN=C(C)C(c2cccc([N+](=O)[O-])c2)C1C(=O)OC(C)C. The Balaban J connectivity index is 2.45. The van der Waals surface area contributed by atoms with Crippen molar-refractivity contribution in [2.45, 2.75) is 39.7 Å². The zero-order valence-corrected chi connectivity index (χ0v) is 13.5. The summed E-state index contributed by atoms with van der Waals surface area (Å²) >= 11 is 0. The monoisotopic (exact) mass is 317 g/mol. The van der Waals surface area contributed by atoms with E-state index in [1.54, 1.807) is 39.8 Å². The number of hydrogen-bond donors (Lipinski definition) is 0. The van der Waals surface area contributed by atoms with Gasteiger partial charge in [0.05, 0.1) is 16.7 Å². The average molecular weight is 317 g/mol. The Labute approximate surface area is 134 Å². The molecule has 0 bridgehead atoms. The lowest BCUT2D eigenvalue weighted by molar-refractivity contribution is -0.384. The van der Waals surface area contributed by atoms with Crippen LogP contribution < -0.4 is 0 Å². The molecular weight excluding hydrogens is 298 g/mol. The van der Waals surface area contributed by atoms with E-state index >= 15 is 0 Å². The summed E-state index contributed by atoms with van der Waals surface area (Å²) in [4.78, 5) is 23.0. The minimum Gasteiger partial charge on any atom is -0.462 e. The van der Waals surface area contributed by atoms with E-state index < -0.39 is 22.7 Å². The number of non-ortho nitro benzene ring substituents is 1. The molecule has 1 aromatic rings. The summed E-state index contributed by atoms with van der Waals surface area (Å²) < 4.78 is 5.33. The Kier molecular flexibility index (Phi) is 4.88. The fraction of sp³-hybridized carbons (Fsp3) is 0.438. The number of nitro groups is 1. The molecule has 0 saturated heterocycles. The highest BCUT2D eigenvalue weighted by Gasteiger charge is 2.38. The van der Waals surface area contributed by atoms with Gasteiger partial charge in [0.15, 0.2) is 0 Å². The van der Waals surface area contributed by atoms with Crippen LogP contribution in [0.5, 0.6) is 0 Å². The van der Waals surface area contributed by atoms with Gasteiger partial charge in [-0.2, -0.15) is 10.2 Å². The van der Waals surface area contributed by atoms with Gasteiger partial charge in [-0.05, 0) is 33.3 Å². The van der Waals surface area contributed by atoms with Gasteiger partial charge >= 0.3 is 5.97 Å². The molecule has 7 heteroatoms. The van der Waals surface area contributed by atoms with Crippen molar-refractivity contribution in [1.82, 2.24) is 0 Å². The molecule has 1 heterocycles. The highest BCUT2D eigenvalue weighted by Crippen LogP contribution is 2.33. The van der Waals surface area contributed by atoms with Crippen LogP contribution in [0.4, 0.5) is 5.69 Å². The molecule has 2 rings (SSSR count). The van der Waals surface area contributed by atoms with E-state index in [9.17, 15) is 14.9 Å². The molecule has 122 valence electrons. The Morgan fingerprint density at radius 1 is 1.26 bits per heavy atom. The number of nitro benzene ring substituents is 1. The molecule has 0 aliphatic carbocycles. The summed E-state index contributed by atoms with van der Waals surface area (Å²) in [7, 11) is 0. The average Bonchev–Trinajstić information content (AvgIpc) is 2.48. The third-order valence-corrected chi connectivity index (χ3v) is 3.64. The summed E-state index contributed by atoms with van der Waals surface area (Å²) in [6.45, 7) is 7.02. The fourth-order valence-electron chi connectivity index (χ4n) is 2.64. The lowest BCUT2D eigenvalue weighted by atomic mass is 9.79. The topological polar surface area (TPSA) is 94.2 Å². The van der Waals surface area contributed by atoms with Crippen molar-refractivity contribution in [2.24, 2.45) is 16.1 Å². The largest absolute Gasteiger partial charge is 0.462 e. The van der Waals surface area contributed by atoms with Gasteiger partial charge in [-0.25, -0.2) is 0 Å². The second-order valence-electron chi connectivity index (χ2n) is 5.78. The molecule has 2 atom stereocenters. The van der Waals surface area contributed by atoms with Crippen LogP contribution in [0.1, 0.15) is 39.2 Å². The van der Waals surface area contributed by atoms with E-state index in [1.807, 2.05) is 0 Å². The summed E-state index contributed by atoms with van der Waals surface area (Å²) in [6.07, 6.45) is -0.250. The summed E-state index contributed by atoms with van der Waals surface area (Å²) in [5, 5.41) is 19.1. The van der Waals surface area contributed by atoms with Crippen LogP contribution in [0.25, 0.3) is 0 Å². The van der Waals surface area contributed by atoms with Crippen LogP contribution in [0.15, 0.2) is 34.5 Å². The normalized spacial score (nSPS) is 20.7.